The van der Waals surface area contributed by atoms with Gasteiger partial charge in [0, 0.05) is 18.6 Å². The fraction of sp³-hybridized carbons (Fsp3) is 0.765. The van der Waals surface area contributed by atoms with E-state index in [1.807, 2.05) is 20.8 Å². The highest BCUT2D eigenvalue weighted by Crippen LogP contribution is 2.35. The normalized spacial score (nSPS) is 18.7. The molecule has 2 heterocycles. The average Bonchev–Trinajstić information content (AvgIpc) is 3.04. The Hall–Kier alpha value is -1.76. The molecule has 0 aliphatic carbocycles. The van der Waals surface area contributed by atoms with Crippen molar-refractivity contribution in [3.8, 4) is 0 Å². The lowest BCUT2D eigenvalue weighted by molar-refractivity contribution is 0.112. The third-order valence-electron chi connectivity index (χ3n) is 4.02. The van der Waals surface area contributed by atoms with Gasteiger partial charge in [-0.2, -0.15) is 5.10 Å². The van der Waals surface area contributed by atoms with Gasteiger partial charge in [0.05, 0.1) is 17.3 Å². The van der Waals surface area contributed by atoms with Gasteiger partial charge in [0.25, 0.3) is 0 Å². The molecule has 7 heteroatoms. The number of amides is 2. The molecule has 2 rings (SSSR count). The standard InChI is InChI=1S/C17H31N5O2/c1-16(2,3)13-12(14(18)22(21-13)17(4,5)6)20-15(23)19-10-11-8-7-9-24-11/h11H,7-10,18H2,1-6H3,(H2,19,20,23). The zero-order valence-electron chi connectivity index (χ0n) is 15.7. The van der Waals surface area contributed by atoms with Gasteiger partial charge in [-0.1, -0.05) is 20.8 Å². The maximum Gasteiger partial charge on any atom is 0.319 e. The van der Waals surface area contributed by atoms with Crippen LogP contribution in [0, 0.1) is 0 Å². The molecule has 24 heavy (non-hydrogen) atoms. The van der Waals surface area contributed by atoms with Gasteiger partial charge in [-0.25, -0.2) is 9.48 Å². The molecule has 1 aliphatic rings. The quantitative estimate of drug-likeness (QED) is 0.790. The molecule has 0 bridgehead atoms. The van der Waals surface area contributed by atoms with Crippen LogP contribution in [-0.4, -0.2) is 35.1 Å². The van der Waals surface area contributed by atoms with E-state index in [0.717, 1.165) is 25.1 Å². The van der Waals surface area contributed by atoms with Crippen LogP contribution in [0.2, 0.25) is 0 Å². The van der Waals surface area contributed by atoms with Gasteiger partial charge in [0.2, 0.25) is 0 Å². The number of aromatic nitrogens is 2. The van der Waals surface area contributed by atoms with E-state index in [-0.39, 0.29) is 23.1 Å². The summed E-state index contributed by atoms with van der Waals surface area (Å²) in [5.74, 6) is 0.472. The average molecular weight is 337 g/mol. The fourth-order valence-electron chi connectivity index (χ4n) is 2.76. The SMILES string of the molecule is CC(C)(C)c1nn(C(C)(C)C)c(N)c1NC(=O)NCC1CCCO1. The van der Waals surface area contributed by atoms with Crippen LogP contribution in [0.4, 0.5) is 16.3 Å². The van der Waals surface area contributed by atoms with Crippen LogP contribution < -0.4 is 16.4 Å². The van der Waals surface area contributed by atoms with E-state index in [0.29, 0.717) is 18.1 Å². The molecule has 7 nitrogen and oxygen atoms in total. The second-order valence-electron chi connectivity index (χ2n) is 8.41. The summed E-state index contributed by atoms with van der Waals surface area (Å²) in [6.07, 6.45) is 2.14. The van der Waals surface area contributed by atoms with E-state index in [2.05, 4.69) is 36.5 Å². The summed E-state index contributed by atoms with van der Waals surface area (Å²) in [5.41, 5.74) is 7.15. The van der Waals surface area contributed by atoms with Gasteiger partial charge < -0.3 is 21.1 Å². The number of nitrogens with one attached hydrogen (secondary N) is 2. The van der Waals surface area contributed by atoms with Crippen molar-refractivity contribution in [1.82, 2.24) is 15.1 Å². The third-order valence-corrected chi connectivity index (χ3v) is 4.02. The van der Waals surface area contributed by atoms with Crippen molar-refractivity contribution in [3.05, 3.63) is 5.69 Å². The molecule has 1 saturated heterocycles. The van der Waals surface area contributed by atoms with Crippen molar-refractivity contribution < 1.29 is 9.53 Å². The van der Waals surface area contributed by atoms with Crippen molar-refractivity contribution in [2.24, 2.45) is 0 Å². The zero-order chi connectivity index (χ0) is 18.1. The predicted molar refractivity (Wildman–Crippen MR) is 96.3 cm³/mol. The van der Waals surface area contributed by atoms with Gasteiger partial charge in [0.1, 0.15) is 11.5 Å². The molecule has 4 N–H and O–H groups in total. The molecule has 0 aromatic carbocycles. The lowest BCUT2D eigenvalue weighted by Crippen LogP contribution is -2.35. The minimum absolute atomic E-state index is 0.104. The maximum absolute atomic E-state index is 12.3. The highest BCUT2D eigenvalue weighted by Gasteiger charge is 2.30. The Morgan fingerprint density at radius 3 is 2.50 bits per heavy atom. The summed E-state index contributed by atoms with van der Waals surface area (Å²) >= 11 is 0. The highest BCUT2D eigenvalue weighted by atomic mass is 16.5. The molecule has 1 aliphatic heterocycles. The first kappa shape index (κ1) is 18.6. The lowest BCUT2D eigenvalue weighted by Gasteiger charge is -2.21. The molecule has 0 radical (unpaired) electrons. The van der Waals surface area contributed by atoms with E-state index in [1.165, 1.54) is 0 Å². The molecular formula is C17H31N5O2. The smallest absolute Gasteiger partial charge is 0.319 e. The van der Waals surface area contributed by atoms with Gasteiger partial charge in [-0.3, -0.25) is 0 Å². The largest absolute Gasteiger partial charge is 0.382 e. The monoisotopic (exact) mass is 337 g/mol. The van der Waals surface area contributed by atoms with Gasteiger partial charge in [-0.05, 0) is 33.6 Å². The van der Waals surface area contributed by atoms with E-state index < -0.39 is 0 Å². The minimum Gasteiger partial charge on any atom is -0.382 e. The minimum atomic E-state index is -0.281. The first-order valence-corrected chi connectivity index (χ1v) is 8.56. The van der Waals surface area contributed by atoms with Crippen LogP contribution >= 0.6 is 0 Å². The van der Waals surface area contributed by atoms with E-state index in [9.17, 15) is 4.79 Å². The Morgan fingerprint density at radius 2 is 2.00 bits per heavy atom. The Bertz CT molecular complexity index is 589. The number of anilines is 2. The van der Waals surface area contributed by atoms with Crippen molar-refractivity contribution >= 4 is 17.5 Å². The van der Waals surface area contributed by atoms with Crippen LogP contribution in [0.15, 0.2) is 0 Å². The molecule has 1 unspecified atom stereocenters. The molecule has 2 amide bonds. The second-order valence-corrected chi connectivity index (χ2v) is 8.41. The van der Waals surface area contributed by atoms with Crippen LogP contribution in [-0.2, 0) is 15.7 Å². The lowest BCUT2D eigenvalue weighted by atomic mass is 9.91. The van der Waals surface area contributed by atoms with Gasteiger partial charge >= 0.3 is 6.03 Å². The highest BCUT2D eigenvalue weighted by molar-refractivity contribution is 5.93. The van der Waals surface area contributed by atoms with E-state index in [4.69, 9.17) is 10.5 Å². The predicted octanol–water partition coefficient (Wildman–Crippen LogP) is 2.82. The van der Waals surface area contributed by atoms with Crippen molar-refractivity contribution in [1.29, 1.82) is 0 Å². The Labute approximate surface area is 144 Å². The summed E-state index contributed by atoms with van der Waals surface area (Å²) in [5, 5.41) is 10.4. The topological polar surface area (TPSA) is 94.2 Å². The number of ether oxygens (including phenoxy) is 1. The van der Waals surface area contributed by atoms with Crippen LogP contribution in [0.1, 0.15) is 60.1 Å². The molecule has 1 fully saturated rings. The zero-order valence-corrected chi connectivity index (χ0v) is 15.7. The number of carbonyl (C=O) groups is 1. The number of hydrogen-bond donors (Lipinski definition) is 3. The van der Waals surface area contributed by atoms with Crippen molar-refractivity contribution in [2.45, 2.75) is 71.4 Å². The fourth-order valence-corrected chi connectivity index (χ4v) is 2.76. The first-order chi connectivity index (χ1) is 11.0. The summed E-state index contributed by atoms with van der Waals surface area (Å²) in [6, 6.07) is -0.281. The molecule has 1 aromatic heterocycles. The van der Waals surface area contributed by atoms with Gasteiger partial charge in [-0.15, -0.1) is 0 Å². The van der Waals surface area contributed by atoms with Crippen LogP contribution in [0.3, 0.4) is 0 Å². The second kappa shape index (κ2) is 6.63. The van der Waals surface area contributed by atoms with Crippen LogP contribution in [0.5, 0.6) is 0 Å². The summed E-state index contributed by atoms with van der Waals surface area (Å²) < 4.78 is 7.29. The number of hydrogen-bond acceptors (Lipinski definition) is 4. The number of nitrogens with zero attached hydrogens (tertiary/aromatic N) is 2. The number of rotatable bonds is 3. The number of carbonyl (C=O) groups excluding carboxylic acids is 1. The van der Waals surface area contributed by atoms with E-state index >= 15 is 0 Å². The summed E-state index contributed by atoms with van der Waals surface area (Å²) in [4.78, 5) is 12.3. The van der Waals surface area contributed by atoms with E-state index in [1.54, 1.807) is 4.68 Å². The maximum atomic E-state index is 12.3. The molecule has 0 spiro atoms. The third kappa shape index (κ3) is 4.20. The Balaban J connectivity index is 2.18. The number of nitrogen functional groups attached to an aromatic ring is 1. The van der Waals surface area contributed by atoms with Crippen LogP contribution in [0.25, 0.3) is 0 Å². The summed E-state index contributed by atoms with van der Waals surface area (Å²) in [7, 11) is 0. The Kier molecular flexibility index (Phi) is 5.13. The van der Waals surface area contributed by atoms with Crippen molar-refractivity contribution in [2.75, 3.05) is 24.2 Å². The molecule has 1 aromatic rings. The number of nitrogens with two attached hydrogens (primary N) is 1. The summed E-state index contributed by atoms with van der Waals surface area (Å²) in [6.45, 7) is 13.5. The Morgan fingerprint density at radius 1 is 1.33 bits per heavy atom. The molecular weight excluding hydrogens is 306 g/mol. The van der Waals surface area contributed by atoms with Crippen molar-refractivity contribution in [3.63, 3.8) is 0 Å². The first-order valence-electron chi connectivity index (χ1n) is 8.56. The van der Waals surface area contributed by atoms with Gasteiger partial charge in [0.15, 0.2) is 0 Å². The number of urea groups is 1. The molecule has 1 atom stereocenters. The molecule has 136 valence electrons. The molecule has 0 saturated carbocycles.